The Labute approximate surface area is 178 Å². The summed E-state index contributed by atoms with van der Waals surface area (Å²) in [7, 11) is -3.65. The minimum atomic E-state index is -3.65. The van der Waals surface area contributed by atoms with Crippen LogP contribution >= 0.6 is 15.9 Å². The number of hydrogen-bond acceptors (Lipinski definition) is 4. The Morgan fingerprint density at radius 3 is 2.59 bits per heavy atom. The molecule has 0 radical (unpaired) electrons. The lowest BCUT2D eigenvalue weighted by atomic mass is 10.1. The maximum Gasteiger partial charge on any atom is 0.245 e. The van der Waals surface area contributed by atoms with Gasteiger partial charge in [-0.2, -0.15) is 0 Å². The number of benzene rings is 2. The number of rotatable bonds is 6. The Morgan fingerprint density at radius 2 is 2.00 bits per heavy atom. The van der Waals surface area contributed by atoms with Crippen LogP contribution in [0.15, 0.2) is 46.9 Å². The van der Waals surface area contributed by atoms with Crippen molar-refractivity contribution in [2.45, 2.75) is 19.8 Å². The van der Waals surface area contributed by atoms with Gasteiger partial charge in [0.2, 0.25) is 21.8 Å². The summed E-state index contributed by atoms with van der Waals surface area (Å²) in [5.74, 6) is -0.359. The largest absolute Gasteiger partial charge is 0.325 e. The molecule has 1 N–H and O–H groups in total. The van der Waals surface area contributed by atoms with E-state index in [1.54, 1.807) is 47.4 Å². The van der Waals surface area contributed by atoms with Gasteiger partial charge in [0.25, 0.3) is 0 Å². The zero-order valence-electron chi connectivity index (χ0n) is 16.2. The first-order valence-corrected chi connectivity index (χ1v) is 11.7. The summed E-state index contributed by atoms with van der Waals surface area (Å²) in [6.45, 7) is 2.23. The van der Waals surface area contributed by atoms with E-state index in [4.69, 9.17) is 0 Å². The highest BCUT2D eigenvalue weighted by Crippen LogP contribution is 2.28. The molecule has 0 atom stereocenters. The number of amides is 2. The molecule has 0 spiro atoms. The third kappa shape index (κ3) is 5.16. The first-order chi connectivity index (χ1) is 13.6. The Morgan fingerprint density at radius 1 is 1.24 bits per heavy atom. The van der Waals surface area contributed by atoms with Gasteiger partial charge in [0, 0.05) is 28.8 Å². The average molecular weight is 480 g/mol. The molecule has 2 amide bonds. The number of nitrogens with one attached hydrogen (secondary N) is 1. The molecule has 0 saturated carbocycles. The lowest BCUT2D eigenvalue weighted by Crippen LogP contribution is -2.37. The number of sulfonamides is 1. The van der Waals surface area contributed by atoms with E-state index in [0.717, 1.165) is 28.2 Å². The van der Waals surface area contributed by atoms with Crippen molar-refractivity contribution in [3.63, 3.8) is 0 Å². The molecule has 1 fully saturated rings. The van der Waals surface area contributed by atoms with E-state index in [1.165, 1.54) is 0 Å². The number of halogens is 1. The van der Waals surface area contributed by atoms with Crippen LogP contribution in [0.4, 0.5) is 17.1 Å². The number of carbonyl (C=O) groups is 2. The minimum Gasteiger partial charge on any atom is -0.325 e. The van der Waals surface area contributed by atoms with Crippen molar-refractivity contribution in [1.82, 2.24) is 0 Å². The molecule has 0 bridgehead atoms. The molecular weight excluding hydrogens is 458 g/mol. The van der Waals surface area contributed by atoms with Gasteiger partial charge in [-0.05, 0) is 55.3 Å². The molecule has 0 aliphatic carbocycles. The molecule has 7 nitrogen and oxygen atoms in total. The number of aryl methyl sites for hydroxylation is 1. The Hall–Kier alpha value is -2.39. The van der Waals surface area contributed by atoms with Crippen LogP contribution in [0.3, 0.4) is 0 Å². The summed E-state index contributed by atoms with van der Waals surface area (Å²) in [4.78, 5) is 26.2. The smallest absolute Gasteiger partial charge is 0.245 e. The van der Waals surface area contributed by atoms with Crippen molar-refractivity contribution < 1.29 is 18.0 Å². The second-order valence-electron chi connectivity index (χ2n) is 6.95. The van der Waals surface area contributed by atoms with Crippen LogP contribution in [-0.4, -0.2) is 39.6 Å². The molecule has 1 aliphatic heterocycles. The summed E-state index contributed by atoms with van der Waals surface area (Å²) in [5.41, 5.74) is 2.64. The van der Waals surface area contributed by atoms with E-state index in [2.05, 4.69) is 21.2 Å². The van der Waals surface area contributed by atoms with Gasteiger partial charge >= 0.3 is 0 Å². The van der Waals surface area contributed by atoms with Crippen molar-refractivity contribution in [3.05, 3.63) is 52.5 Å². The summed E-state index contributed by atoms with van der Waals surface area (Å²) < 4.78 is 26.2. The molecule has 2 aromatic rings. The van der Waals surface area contributed by atoms with Crippen LogP contribution in [0.25, 0.3) is 0 Å². The van der Waals surface area contributed by atoms with Gasteiger partial charge in [0.15, 0.2) is 0 Å². The Kier molecular flexibility index (Phi) is 6.28. The zero-order chi connectivity index (χ0) is 21.2. The Bertz CT molecular complexity index is 1060. The molecule has 29 heavy (non-hydrogen) atoms. The summed E-state index contributed by atoms with van der Waals surface area (Å²) in [6, 6.07) is 12.1. The van der Waals surface area contributed by atoms with Crippen LogP contribution in [0.2, 0.25) is 0 Å². The van der Waals surface area contributed by atoms with Gasteiger partial charge in [-0.3, -0.25) is 13.9 Å². The van der Waals surface area contributed by atoms with Crippen molar-refractivity contribution in [2.24, 2.45) is 0 Å². The lowest BCUT2D eigenvalue weighted by molar-refractivity contribution is -0.117. The van der Waals surface area contributed by atoms with Gasteiger partial charge in [-0.15, -0.1) is 0 Å². The zero-order valence-corrected chi connectivity index (χ0v) is 18.6. The fraction of sp³-hybridized carbons (Fsp3) is 0.300. The number of carbonyl (C=O) groups excluding carboxylic acids is 2. The SMILES string of the molecule is Cc1cc(NC(=O)CN(c2cccc(Br)c2)S(C)(=O)=O)ccc1N1CCCC1=O. The quantitative estimate of drug-likeness (QED) is 0.688. The molecule has 9 heteroatoms. The first kappa shape index (κ1) is 21.3. The highest BCUT2D eigenvalue weighted by molar-refractivity contribution is 9.10. The Balaban J connectivity index is 1.75. The third-order valence-corrected chi connectivity index (χ3v) is 6.26. The molecule has 0 aromatic heterocycles. The molecule has 0 unspecified atom stereocenters. The number of nitrogens with zero attached hydrogens (tertiary/aromatic N) is 2. The molecule has 1 saturated heterocycles. The molecule has 154 valence electrons. The molecular formula is C20H22BrN3O4S. The predicted octanol–water partition coefficient (Wildman–Crippen LogP) is 3.29. The van der Waals surface area contributed by atoms with Crippen molar-refractivity contribution in [3.8, 4) is 0 Å². The van der Waals surface area contributed by atoms with Crippen molar-refractivity contribution in [2.75, 3.05) is 33.9 Å². The highest BCUT2D eigenvalue weighted by Gasteiger charge is 2.24. The van der Waals surface area contributed by atoms with Crippen LogP contribution in [0.1, 0.15) is 18.4 Å². The number of anilines is 3. The second kappa shape index (κ2) is 8.54. The number of hydrogen-bond donors (Lipinski definition) is 1. The monoisotopic (exact) mass is 479 g/mol. The topological polar surface area (TPSA) is 86.8 Å². The molecule has 3 rings (SSSR count). The van der Waals surface area contributed by atoms with E-state index < -0.39 is 15.9 Å². The fourth-order valence-corrected chi connectivity index (χ4v) is 4.54. The highest BCUT2D eigenvalue weighted by atomic mass is 79.9. The van der Waals surface area contributed by atoms with Crippen LogP contribution in [-0.2, 0) is 19.6 Å². The molecule has 2 aromatic carbocycles. The van der Waals surface area contributed by atoms with Gasteiger partial charge < -0.3 is 10.2 Å². The van der Waals surface area contributed by atoms with Gasteiger partial charge in [-0.1, -0.05) is 22.0 Å². The van der Waals surface area contributed by atoms with E-state index in [0.29, 0.717) is 28.8 Å². The van der Waals surface area contributed by atoms with E-state index in [9.17, 15) is 18.0 Å². The second-order valence-corrected chi connectivity index (χ2v) is 9.77. The van der Waals surface area contributed by atoms with Crippen molar-refractivity contribution >= 4 is 54.8 Å². The first-order valence-electron chi connectivity index (χ1n) is 9.09. The van der Waals surface area contributed by atoms with Crippen LogP contribution < -0.4 is 14.5 Å². The maximum absolute atomic E-state index is 12.5. The fourth-order valence-electron chi connectivity index (χ4n) is 3.30. The minimum absolute atomic E-state index is 0.0997. The summed E-state index contributed by atoms with van der Waals surface area (Å²) in [5, 5.41) is 2.74. The van der Waals surface area contributed by atoms with Crippen LogP contribution in [0, 0.1) is 6.92 Å². The average Bonchev–Trinajstić information content (AvgIpc) is 3.04. The molecule has 1 aliphatic rings. The van der Waals surface area contributed by atoms with E-state index in [1.807, 2.05) is 6.92 Å². The van der Waals surface area contributed by atoms with E-state index >= 15 is 0 Å². The van der Waals surface area contributed by atoms with Crippen molar-refractivity contribution in [1.29, 1.82) is 0 Å². The van der Waals surface area contributed by atoms with E-state index in [-0.39, 0.29) is 12.5 Å². The predicted molar refractivity (Wildman–Crippen MR) is 118 cm³/mol. The normalized spacial score (nSPS) is 14.2. The standard InChI is InChI=1S/C20H22BrN3O4S/c1-14-11-16(8-9-18(14)23-10-4-7-20(23)26)22-19(25)13-24(29(2,27)28)17-6-3-5-15(21)12-17/h3,5-6,8-9,11-12H,4,7,10,13H2,1-2H3,(H,22,25). The van der Waals surface area contributed by atoms with Gasteiger partial charge in [-0.25, -0.2) is 8.42 Å². The summed E-state index contributed by atoms with van der Waals surface area (Å²) in [6.07, 6.45) is 2.45. The van der Waals surface area contributed by atoms with Gasteiger partial charge in [0.05, 0.1) is 11.9 Å². The van der Waals surface area contributed by atoms with Gasteiger partial charge in [0.1, 0.15) is 6.54 Å². The van der Waals surface area contributed by atoms with Crippen LogP contribution in [0.5, 0.6) is 0 Å². The third-order valence-electron chi connectivity index (χ3n) is 4.63. The lowest BCUT2D eigenvalue weighted by Gasteiger charge is -2.22. The summed E-state index contributed by atoms with van der Waals surface area (Å²) >= 11 is 3.31. The molecule has 1 heterocycles. The maximum atomic E-state index is 12.5.